The summed E-state index contributed by atoms with van der Waals surface area (Å²) < 4.78 is 9.74. The lowest BCUT2D eigenvalue weighted by Gasteiger charge is -2.26. The fraction of sp³-hybridized carbons (Fsp3) is 0.471. The Labute approximate surface area is 141 Å². The predicted octanol–water partition coefficient (Wildman–Crippen LogP) is 2.11. The highest BCUT2D eigenvalue weighted by atomic mass is 16.6. The number of anilines is 1. The molecule has 2 amide bonds. The molecule has 1 aromatic rings. The van der Waals surface area contributed by atoms with E-state index in [4.69, 9.17) is 4.74 Å². The lowest BCUT2D eigenvalue weighted by Crippen LogP contribution is -2.49. The van der Waals surface area contributed by atoms with Crippen LogP contribution in [0.5, 0.6) is 0 Å². The Balaban J connectivity index is 2.90. The van der Waals surface area contributed by atoms with Gasteiger partial charge in [0.05, 0.1) is 13.5 Å². The number of carbonyl (C=O) groups is 3. The van der Waals surface area contributed by atoms with Crippen LogP contribution < -0.4 is 10.2 Å². The third-order valence-corrected chi connectivity index (χ3v) is 3.06. The lowest BCUT2D eigenvalue weighted by molar-refractivity contribution is -0.142. The van der Waals surface area contributed by atoms with Gasteiger partial charge in [-0.15, -0.1) is 0 Å². The van der Waals surface area contributed by atoms with E-state index in [-0.39, 0.29) is 6.42 Å². The second-order valence-electron chi connectivity index (χ2n) is 6.21. The average Bonchev–Trinajstić information content (AvgIpc) is 2.51. The molecule has 7 heteroatoms. The van der Waals surface area contributed by atoms with Gasteiger partial charge in [0, 0.05) is 12.7 Å². The van der Waals surface area contributed by atoms with Gasteiger partial charge in [0.2, 0.25) is 5.91 Å². The number of alkyl carbamates (subject to hydrolysis) is 1. The fourth-order valence-corrected chi connectivity index (χ4v) is 1.91. The number of methoxy groups -OCH3 is 1. The summed E-state index contributed by atoms with van der Waals surface area (Å²) in [6.45, 7) is 5.12. The molecule has 0 saturated carbocycles. The first kappa shape index (κ1) is 19.5. The average molecular weight is 336 g/mol. The van der Waals surface area contributed by atoms with Gasteiger partial charge in [-0.05, 0) is 32.9 Å². The summed E-state index contributed by atoms with van der Waals surface area (Å²) in [5.41, 5.74) is -0.0720. The van der Waals surface area contributed by atoms with Crippen LogP contribution in [0, 0.1) is 0 Å². The van der Waals surface area contributed by atoms with Crippen molar-refractivity contribution in [3.05, 3.63) is 30.3 Å². The van der Waals surface area contributed by atoms with Crippen molar-refractivity contribution < 1.29 is 23.9 Å². The van der Waals surface area contributed by atoms with E-state index in [0.717, 1.165) is 0 Å². The van der Waals surface area contributed by atoms with Crippen LogP contribution in [0.4, 0.5) is 10.5 Å². The standard InChI is InChI=1S/C17H24N2O5/c1-17(2,3)24-16(22)18-13(11-14(20)23-5)15(21)19(4)12-9-7-6-8-10-12/h6-10,13H,11H2,1-5H3,(H,18,22)/t13-/m0/s1. The van der Waals surface area contributed by atoms with Crippen LogP contribution in [-0.2, 0) is 19.1 Å². The zero-order valence-electron chi connectivity index (χ0n) is 14.7. The van der Waals surface area contributed by atoms with E-state index >= 15 is 0 Å². The minimum absolute atomic E-state index is 0.286. The maximum Gasteiger partial charge on any atom is 0.408 e. The molecule has 24 heavy (non-hydrogen) atoms. The molecule has 7 nitrogen and oxygen atoms in total. The molecule has 1 N–H and O–H groups in total. The van der Waals surface area contributed by atoms with Crippen molar-refractivity contribution in [1.82, 2.24) is 5.32 Å². The summed E-state index contributed by atoms with van der Waals surface area (Å²) in [5.74, 6) is -1.05. The number of amides is 2. The van der Waals surface area contributed by atoms with Crippen molar-refractivity contribution in [3.63, 3.8) is 0 Å². The molecule has 0 fully saturated rings. The molecule has 132 valence electrons. The van der Waals surface area contributed by atoms with Gasteiger partial charge >= 0.3 is 12.1 Å². The molecule has 0 aliphatic heterocycles. The Hall–Kier alpha value is -2.57. The maximum absolute atomic E-state index is 12.6. The number of hydrogen-bond acceptors (Lipinski definition) is 5. The molecule has 0 aliphatic rings. The first-order chi connectivity index (χ1) is 11.1. The zero-order chi connectivity index (χ0) is 18.3. The van der Waals surface area contributed by atoms with Gasteiger partial charge in [0.1, 0.15) is 11.6 Å². The monoisotopic (exact) mass is 336 g/mol. The van der Waals surface area contributed by atoms with Crippen LogP contribution in [0.2, 0.25) is 0 Å². The van der Waals surface area contributed by atoms with Crippen LogP contribution in [0.3, 0.4) is 0 Å². The molecule has 0 spiro atoms. The number of carbonyl (C=O) groups excluding carboxylic acids is 3. The largest absolute Gasteiger partial charge is 0.469 e. The fourth-order valence-electron chi connectivity index (χ4n) is 1.91. The summed E-state index contributed by atoms with van der Waals surface area (Å²) in [6.07, 6.45) is -1.06. The maximum atomic E-state index is 12.6. The third kappa shape index (κ3) is 6.28. The topological polar surface area (TPSA) is 84.9 Å². The zero-order valence-corrected chi connectivity index (χ0v) is 14.7. The highest BCUT2D eigenvalue weighted by Gasteiger charge is 2.29. The van der Waals surface area contributed by atoms with Crippen LogP contribution in [-0.4, -0.2) is 43.8 Å². The van der Waals surface area contributed by atoms with Gasteiger partial charge in [-0.25, -0.2) is 4.79 Å². The van der Waals surface area contributed by atoms with Crippen molar-refractivity contribution >= 4 is 23.7 Å². The van der Waals surface area contributed by atoms with Gasteiger partial charge < -0.3 is 19.7 Å². The van der Waals surface area contributed by atoms with E-state index in [1.54, 1.807) is 52.1 Å². The molecule has 1 rings (SSSR count). The molecule has 0 aliphatic carbocycles. The van der Waals surface area contributed by atoms with Gasteiger partial charge in [0.15, 0.2) is 0 Å². The van der Waals surface area contributed by atoms with Gasteiger partial charge in [0.25, 0.3) is 0 Å². The van der Waals surface area contributed by atoms with Crippen LogP contribution in [0.1, 0.15) is 27.2 Å². The van der Waals surface area contributed by atoms with E-state index in [9.17, 15) is 14.4 Å². The first-order valence-electron chi connectivity index (χ1n) is 7.53. The molecular weight excluding hydrogens is 312 g/mol. The normalized spacial score (nSPS) is 12.0. The number of nitrogens with one attached hydrogen (secondary N) is 1. The highest BCUT2D eigenvalue weighted by molar-refractivity contribution is 6.00. The van der Waals surface area contributed by atoms with Gasteiger partial charge in [-0.2, -0.15) is 0 Å². The molecule has 0 radical (unpaired) electrons. The molecule has 1 aromatic carbocycles. The molecule has 0 saturated heterocycles. The lowest BCUT2D eigenvalue weighted by atomic mass is 10.1. The summed E-state index contributed by atoms with van der Waals surface area (Å²) in [7, 11) is 2.79. The van der Waals surface area contributed by atoms with E-state index in [1.807, 2.05) is 6.07 Å². The van der Waals surface area contributed by atoms with E-state index < -0.39 is 29.6 Å². The smallest absolute Gasteiger partial charge is 0.408 e. The molecule has 0 unspecified atom stereocenters. The predicted molar refractivity (Wildman–Crippen MR) is 89.6 cm³/mol. The SMILES string of the molecule is COC(=O)C[C@H](NC(=O)OC(C)(C)C)C(=O)N(C)c1ccccc1. The molecular formula is C17H24N2O5. The van der Waals surface area contributed by atoms with Crippen molar-refractivity contribution in [2.75, 3.05) is 19.1 Å². The Morgan fingerprint density at radius 1 is 1.17 bits per heavy atom. The van der Waals surface area contributed by atoms with Gasteiger partial charge in [-0.3, -0.25) is 9.59 Å². The van der Waals surface area contributed by atoms with Crippen LogP contribution in [0.25, 0.3) is 0 Å². The highest BCUT2D eigenvalue weighted by Crippen LogP contribution is 2.14. The summed E-state index contributed by atoms with van der Waals surface area (Å²) in [5, 5.41) is 2.44. The second-order valence-corrected chi connectivity index (χ2v) is 6.21. The van der Waals surface area contributed by atoms with Crippen LogP contribution in [0.15, 0.2) is 30.3 Å². The van der Waals surface area contributed by atoms with Crippen molar-refractivity contribution in [3.8, 4) is 0 Å². The molecule has 0 heterocycles. The van der Waals surface area contributed by atoms with Crippen molar-refractivity contribution in [1.29, 1.82) is 0 Å². The van der Waals surface area contributed by atoms with Crippen LogP contribution >= 0.6 is 0 Å². The number of benzene rings is 1. The van der Waals surface area contributed by atoms with Gasteiger partial charge in [-0.1, -0.05) is 18.2 Å². The Morgan fingerprint density at radius 2 is 1.75 bits per heavy atom. The van der Waals surface area contributed by atoms with Crippen molar-refractivity contribution in [2.45, 2.75) is 38.8 Å². The minimum Gasteiger partial charge on any atom is -0.469 e. The number of rotatable bonds is 5. The molecule has 1 atom stereocenters. The quantitative estimate of drug-likeness (QED) is 0.833. The Bertz CT molecular complexity index is 580. The number of hydrogen-bond donors (Lipinski definition) is 1. The third-order valence-electron chi connectivity index (χ3n) is 3.06. The van der Waals surface area contributed by atoms with E-state index in [0.29, 0.717) is 5.69 Å². The number of para-hydroxylation sites is 1. The molecule has 0 aromatic heterocycles. The minimum atomic E-state index is -1.09. The number of ether oxygens (including phenoxy) is 2. The van der Waals surface area contributed by atoms with E-state index in [2.05, 4.69) is 10.1 Å². The molecule has 0 bridgehead atoms. The second kappa shape index (κ2) is 8.33. The van der Waals surface area contributed by atoms with E-state index in [1.165, 1.54) is 12.0 Å². The number of nitrogens with zero attached hydrogens (tertiary/aromatic N) is 1. The Kier molecular flexibility index (Phi) is 6.76. The summed E-state index contributed by atoms with van der Waals surface area (Å²) in [6, 6.07) is 7.82. The number of likely N-dealkylation sites (N-methyl/N-ethyl adjacent to an activating group) is 1. The Morgan fingerprint density at radius 3 is 2.25 bits per heavy atom. The first-order valence-corrected chi connectivity index (χ1v) is 7.53. The van der Waals surface area contributed by atoms with Crippen molar-refractivity contribution in [2.24, 2.45) is 0 Å². The summed E-state index contributed by atoms with van der Waals surface area (Å²) >= 11 is 0. The summed E-state index contributed by atoms with van der Waals surface area (Å²) in [4.78, 5) is 37.5. The number of esters is 1.